The van der Waals surface area contributed by atoms with Crippen LogP contribution in [0.15, 0.2) is 65.6 Å². The molecule has 0 fully saturated rings. The summed E-state index contributed by atoms with van der Waals surface area (Å²) in [6.07, 6.45) is 0. The highest BCUT2D eigenvalue weighted by Crippen LogP contribution is 2.37. The topological polar surface area (TPSA) is 47.6 Å². The van der Waals surface area contributed by atoms with E-state index in [0.29, 0.717) is 28.0 Å². The number of carbonyl (C=O) groups excluding carboxylic acids is 1. The lowest BCUT2D eigenvalue weighted by atomic mass is 10.1. The molecule has 1 aliphatic heterocycles. The van der Waals surface area contributed by atoms with Gasteiger partial charge in [-0.3, -0.25) is 4.79 Å². The SMILES string of the molecule is O=C(Nc1ccccc1SCc1cc(Cl)cc2c1OCOC2)c1cccc(Cl)c1. The van der Waals surface area contributed by atoms with Crippen molar-refractivity contribution in [2.75, 3.05) is 12.1 Å². The lowest BCUT2D eigenvalue weighted by Crippen LogP contribution is -2.13. The molecule has 1 N–H and O–H groups in total. The van der Waals surface area contributed by atoms with Crippen molar-refractivity contribution in [1.82, 2.24) is 0 Å². The van der Waals surface area contributed by atoms with Crippen molar-refractivity contribution in [3.63, 3.8) is 0 Å². The van der Waals surface area contributed by atoms with Crippen LogP contribution in [0.25, 0.3) is 0 Å². The number of halogens is 2. The number of fused-ring (bicyclic) bond motifs is 1. The molecule has 0 radical (unpaired) electrons. The normalized spacial score (nSPS) is 12.8. The predicted octanol–water partition coefficient (Wildman–Crippen LogP) is 6.40. The lowest BCUT2D eigenvalue weighted by Gasteiger charge is -2.21. The Labute approximate surface area is 183 Å². The summed E-state index contributed by atoms with van der Waals surface area (Å²) >= 11 is 13.9. The highest BCUT2D eigenvalue weighted by molar-refractivity contribution is 7.98. The molecule has 148 valence electrons. The van der Waals surface area contributed by atoms with Crippen LogP contribution in [0.1, 0.15) is 21.5 Å². The van der Waals surface area contributed by atoms with Crippen molar-refractivity contribution in [3.05, 3.63) is 87.4 Å². The second-order valence-corrected chi connectivity index (χ2v) is 8.30. The summed E-state index contributed by atoms with van der Waals surface area (Å²) in [5.41, 5.74) is 3.19. The number of ether oxygens (including phenoxy) is 2. The minimum absolute atomic E-state index is 0.207. The van der Waals surface area contributed by atoms with E-state index in [1.807, 2.05) is 36.4 Å². The summed E-state index contributed by atoms with van der Waals surface area (Å²) in [6, 6.07) is 18.3. The quantitative estimate of drug-likeness (QED) is 0.461. The highest BCUT2D eigenvalue weighted by atomic mass is 35.5. The molecule has 1 aliphatic rings. The summed E-state index contributed by atoms with van der Waals surface area (Å²) in [5.74, 6) is 1.27. The molecule has 1 amide bonds. The molecule has 0 bridgehead atoms. The first-order valence-corrected chi connectivity index (χ1v) is 10.6. The van der Waals surface area contributed by atoms with Crippen molar-refractivity contribution in [3.8, 4) is 5.75 Å². The maximum absolute atomic E-state index is 12.6. The first-order chi connectivity index (χ1) is 14.1. The van der Waals surface area contributed by atoms with Gasteiger partial charge in [0.05, 0.1) is 12.3 Å². The maximum atomic E-state index is 12.6. The minimum atomic E-state index is -0.207. The van der Waals surface area contributed by atoms with E-state index in [-0.39, 0.29) is 12.7 Å². The Bertz CT molecular complexity index is 1060. The smallest absolute Gasteiger partial charge is 0.255 e. The minimum Gasteiger partial charge on any atom is -0.467 e. The van der Waals surface area contributed by atoms with Crippen LogP contribution in [0.5, 0.6) is 5.75 Å². The van der Waals surface area contributed by atoms with Gasteiger partial charge in [-0.2, -0.15) is 0 Å². The van der Waals surface area contributed by atoms with Gasteiger partial charge in [0.25, 0.3) is 5.91 Å². The Hall–Kier alpha value is -2.18. The van der Waals surface area contributed by atoms with E-state index >= 15 is 0 Å². The molecule has 4 nitrogen and oxygen atoms in total. The summed E-state index contributed by atoms with van der Waals surface area (Å²) < 4.78 is 11.0. The lowest BCUT2D eigenvalue weighted by molar-refractivity contribution is -0.0168. The van der Waals surface area contributed by atoms with Crippen LogP contribution in [-0.2, 0) is 17.1 Å². The van der Waals surface area contributed by atoms with Gasteiger partial charge in [-0.05, 0) is 42.5 Å². The third-order valence-corrected chi connectivity index (χ3v) is 5.93. The number of thioether (sulfide) groups is 1. The number of amides is 1. The molecule has 1 heterocycles. The molecule has 4 rings (SSSR count). The van der Waals surface area contributed by atoms with E-state index in [1.165, 1.54) is 0 Å². The number of anilines is 1. The van der Waals surface area contributed by atoms with Gasteiger partial charge in [0, 0.05) is 37.4 Å². The molecule has 0 aromatic heterocycles. The third-order valence-electron chi connectivity index (χ3n) is 4.36. The molecular weight excluding hydrogens is 429 g/mol. The van der Waals surface area contributed by atoms with Crippen molar-refractivity contribution >= 4 is 46.6 Å². The molecule has 0 unspecified atom stereocenters. The van der Waals surface area contributed by atoms with Gasteiger partial charge in [-0.15, -0.1) is 11.8 Å². The number of rotatable bonds is 5. The molecule has 0 spiro atoms. The second kappa shape index (κ2) is 9.09. The number of nitrogens with one attached hydrogen (secondary N) is 1. The fourth-order valence-corrected chi connectivity index (χ4v) is 4.47. The number of carbonyl (C=O) groups is 1. The van der Waals surface area contributed by atoms with Gasteiger partial charge in [0.1, 0.15) is 5.75 Å². The zero-order valence-electron chi connectivity index (χ0n) is 15.3. The summed E-state index contributed by atoms with van der Waals surface area (Å²) in [7, 11) is 0. The fourth-order valence-electron chi connectivity index (χ4n) is 3.04. The molecule has 0 atom stereocenters. The Kier molecular flexibility index (Phi) is 6.31. The van der Waals surface area contributed by atoms with E-state index in [0.717, 1.165) is 27.5 Å². The number of hydrogen-bond donors (Lipinski definition) is 1. The second-order valence-electron chi connectivity index (χ2n) is 6.41. The zero-order valence-corrected chi connectivity index (χ0v) is 17.6. The zero-order chi connectivity index (χ0) is 20.2. The molecule has 0 aliphatic carbocycles. The third kappa shape index (κ3) is 4.87. The average molecular weight is 446 g/mol. The van der Waals surface area contributed by atoms with Crippen LogP contribution in [0.3, 0.4) is 0 Å². The van der Waals surface area contributed by atoms with Gasteiger partial charge < -0.3 is 14.8 Å². The van der Waals surface area contributed by atoms with E-state index in [4.69, 9.17) is 32.7 Å². The Morgan fingerprint density at radius 2 is 1.90 bits per heavy atom. The van der Waals surface area contributed by atoms with E-state index in [9.17, 15) is 4.79 Å². The van der Waals surface area contributed by atoms with Crippen molar-refractivity contribution in [2.24, 2.45) is 0 Å². The molecule has 3 aromatic rings. The molecule has 0 saturated heterocycles. The van der Waals surface area contributed by atoms with Crippen LogP contribution in [0, 0.1) is 0 Å². The van der Waals surface area contributed by atoms with Gasteiger partial charge in [-0.25, -0.2) is 0 Å². The molecule has 0 saturated carbocycles. The largest absolute Gasteiger partial charge is 0.467 e. The van der Waals surface area contributed by atoms with Crippen LogP contribution in [0.4, 0.5) is 5.69 Å². The summed E-state index contributed by atoms with van der Waals surface area (Å²) in [5, 5.41) is 4.14. The van der Waals surface area contributed by atoms with Gasteiger partial charge in [-0.1, -0.05) is 41.4 Å². The first kappa shape index (κ1) is 20.1. The molecule has 3 aromatic carbocycles. The number of hydrogen-bond acceptors (Lipinski definition) is 4. The van der Waals surface area contributed by atoms with Crippen LogP contribution >= 0.6 is 35.0 Å². The van der Waals surface area contributed by atoms with Gasteiger partial charge in [0.2, 0.25) is 0 Å². The van der Waals surface area contributed by atoms with Crippen LogP contribution in [-0.4, -0.2) is 12.7 Å². The summed E-state index contributed by atoms with van der Waals surface area (Å²) in [6.45, 7) is 0.721. The van der Waals surface area contributed by atoms with Crippen molar-refractivity contribution in [2.45, 2.75) is 17.3 Å². The van der Waals surface area contributed by atoms with E-state index in [2.05, 4.69) is 5.32 Å². The number of benzene rings is 3. The van der Waals surface area contributed by atoms with Crippen molar-refractivity contribution < 1.29 is 14.3 Å². The highest BCUT2D eigenvalue weighted by Gasteiger charge is 2.17. The van der Waals surface area contributed by atoms with Crippen LogP contribution in [0.2, 0.25) is 10.0 Å². The first-order valence-electron chi connectivity index (χ1n) is 8.91. The summed E-state index contributed by atoms with van der Waals surface area (Å²) in [4.78, 5) is 13.5. The Morgan fingerprint density at radius 3 is 2.76 bits per heavy atom. The standard InChI is InChI=1S/C22H17Cl2NO3S/c23-17-5-3-4-14(8-17)22(26)25-19-6-1-2-7-20(19)29-12-16-10-18(24)9-15-11-27-13-28-21(15)16/h1-10H,11-13H2,(H,25,26). The Balaban J connectivity index is 1.52. The average Bonchev–Trinajstić information content (AvgIpc) is 2.72. The fraction of sp³-hybridized carbons (Fsp3) is 0.136. The van der Waals surface area contributed by atoms with E-state index < -0.39 is 0 Å². The van der Waals surface area contributed by atoms with Crippen LogP contribution < -0.4 is 10.1 Å². The molecule has 29 heavy (non-hydrogen) atoms. The van der Waals surface area contributed by atoms with Gasteiger partial charge in [0.15, 0.2) is 6.79 Å². The van der Waals surface area contributed by atoms with E-state index in [1.54, 1.807) is 36.0 Å². The Morgan fingerprint density at radius 1 is 1.03 bits per heavy atom. The molecular formula is C22H17Cl2NO3S. The molecule has 7 heteroatoms. The predicted molar refractivity (Wildman–Crippen MR) is 117 cm³/mol. The van der Waals surface area contributed by atoms with Crippen molar-refractivity contribution in [1.29, 1.82) is 0 Å². The maximum Gasteiger partial charge on any atom is 0.255 e. The van der Waals surface area contributed by atoms with Gasteiger partial charge >= 0.3 is 0 Å². The monoisotopic (exact) mass is 445 g/mol. The number of para-hydroxylation sites is 1.